The number of aromatic nitrogens is 2. The summed E-state index contributed by atoms with van der Waals surface area (Å²) in [6.45, 7) is 6.20. The van der Waals surface area contributed by atoms with Crippen molar-refractivity contribution in [1.82, 2.24) is 14.9 Å². The van der Waals surface area contributed by atoms with Crippen LogP contribution in [0, 0.1) is 5.92 Å². The van der Waals surface area contributed by atoms with Crippen LogP contribution in [0.1, 0.15) is 44.8 Å². The fourth-order valence-corrected chi connectivity index (χ4v) is 2.89. The number of hydrogen-bond acceptors (Lipinski definition) is 3. The van der Waals surface area contributed by atoms with Crippen molar-refractivity contribution in [1.29, 1.82) is 0 Å². The molecule has 2 atom stereocenters. The largest absolute Gasteiger partial charge is 0.376 e. The highest BCUT2D eigenvalue weighted by atomic mass is 16.5. The van der Waals surface area contributed by atoms with Crippen LogP contribution in [-0.2, 0) is 11.3 Å². The first-order chi connectivity index (χ1) is 8.75. The maximum Gasteiger partial charge on any atom is 0.0951 e. The van der Waals surface area contributed by atoms with Gasteiger partial charge in [0.1, 0.15) is 0 Å². The number of nitrogens with one attached hydrogen (secondary N) is 1. The lowest BCUT2D eigenvalue weighted by Gasteiger charge is -2.20. The van der Waals surface area contributed by atoms with Crippen molar-refractivity contribution >= 4 is 0 Å². The van der Waals surface area contributed by atoms with E-state index in [9.17, 15) is 0 Å². The predicted molar refractivity (Wildman–Crippen MR) is 70.3 cm³/mol. The van der Waals surface area contributed by atoms with Gasteiger partial charge < -0.3 is 14.6 Å². The molecule has 1 N–H and O–H groups in total. The predicted octanol–water partition coefficient (Wildman–Crippen LogP) is 2.12. The molecule has 3 rings (SSSR count). The average molecular weight is 249 g/mol. The SMILES string of the molecule is CC(C)n1cncc1CNC1CCOC1C1CC1. The Morgan fingerprint density at radius 3 is 3.00 bits per heavy atom. The van der Waals surface area contributed by atoms with Gasteiger partial charge in [-0.15, -0.1) is 0 Å². The Labute approximate surface area is 109 Å². The van der Waals surface area contributed by atoms with Crippen molar-refractivity contribution < 1.29 is 4.74 Å². The van der Waals surface area contributed by atoms with Crippen LogP contribution in [0.15, 0.2) is 12.5 Å². The van der Waals surface area contributed by atoms with Gasteiger partial charge >= 0.3 is 0 Å². The summed E-state index contributed by atoms with van der Waals surface area (Å²) in [4.78, 5) is 4.25. The number of rotatable bonds is 5. The third kappa shape index (κ3) is 2.45. The standard InChI is InChI=1S/C14H23N3O/c1-10(2)17-9-15-7-12(17)8-16-13-5-6-18-14(13)11-3-4-11/h7,9-11,13-14,16H,3-6,8H2,1-2H3. The number of ether oxygens (including phenoxy) is 1. The zero-order valence-corrected chi connectivity index (χ0v) is 11.3. The highest BCUT2D eigenvalue weighted by Gasteiger charge is 2.40. The smallest absolute Gasteiger partial charge is 0.0951 e. The summed E-state index contributed by atoms with van der Waals surface area (Å²) in [5, 5.41) is 3.66. The Hall–Kier alpha value is -0.870. The van der Waals surface area contributed by atoms with Crippen LogP contribution in [0.4, 0.5) is 0 Å². The Morgan fingerprint density at radius 2 is 2.28 bits per heavy atom. The van der Waals surface area contributed by atoms with Crippen molar-refractivity contribution in [3.63, 3.8) is 0 Å². The van der Waals surface area contributed by atoms with Gasteiger partial charge in [-0.2, -0.15) is 0 Å². The molecule has 18 heavy (non-hydrogen) atoms. The fraction of sp³-hybridized carbons (Fsp3) is 0.786. The van der Waals surface area contributed by atoms with Crippen LogP contribution in [0.3, 0.4) is 0 Å². The molecule has 2 fully saturated rings. The maximum atomic E-state index is 5.85. The molecule has 1 saturated heterocycles. The van der Waals surface area contributed by atoms with Gasteiger partial charge in [-0.25, -0.2) is 4.98 Å². The van der Waals surface area contributed by atoms with Crippen molar-refractivity contribution in [3.8, 4) is 0 Å². The van der Waals surface area contributed by atoms with Gasteiger partial charge in [0, 0.05) is 31.4 Å². The molecule has 1 aliphatic heterocycles. The van der Waals surface area contributed by atoms with Gasteiger partial charge in [0.2, 0.25) is 0 Å². The minimum absolute atomic E-state index is 0.459. The van der Waals surface area contributed by atoms with E-state index in [2.05, 4.69) is 28.7 Å². The first-order valence-electron chi connectivity index (χ1n) is 7.11. The molecule has 2 aliphatic rings. The monoisotopic (exact) mass is 249 g/mol. The fourth-order valence-electron chi connectivity index (χ4n) is 2.89. The van der Waals surface area contributed by atoms with Crippen LogP contribution >= 0.6 is 0 Å². The summed E-state index contributed by atoms with van der Waals surface area (Å²) in [5.41, 5.74) is 1.27. The van der Waals surface area contributed by atoms with Crippen molar-refractivity contribution in [2.75, 3.05) is 6.61 Å². The lowest BCUT2D eigenvalue weighted by atomic mass is 10.1. The van der Waals surface area contributed by atoms with Gasteiger partial charge in [0.25, 0.3) is 0 Å². The molecule has 0 radical (unpaired) electrons. The van der Waals surface area contributed by atoms with Gasteiger partial charge in [-0.1, -0.05) is 0 Å². The van der Waals surface area contributed by atoms with E-state index in [1.165, 1.54) is 18.5 Å². The molecule has 0 aromatic carbocycles. The molecule has 1 saturated carbocycles. The summed E-state index contributed by atoms with van der Waals surface area (Å²) in [7, 11) is 0. The number of nitrogens with zero attached hydrogens (tertiary/aromatic N) is 2. The molecular formula is C14H23N3O. The molecule has 0 spiro atoms. The molecule has 2 unspecified atom stereocenters. The summed E-state index contributed by atoms with van der Waals surface area (Å²) < 4.78 is 8.08. The van der Waals surface area contributed by atoms with Gasteiger partial charge in [-0.3, -0.25) is 0 Å². The normalized spacial score (nSPS) is 28.2. The molecular weight excluding hydrogens is 226 g/mol. The zero-order valence-electron chi connectivity index (χ0n) is 11.3. The van der Waals surface area contributed by atoms with Crippen LogP contribution < -0.4 is 5.32 Å². The maximum absolute atomic E-state index is 5.85. The average Bonchev–Trinajstić information content (AvgIpc) is 2.92. The summed E-state index contributed by atoms with van der Waals surface area (Å²) in [6.07, 6.45) is 8.21. The van der Waals surface area contributed by atoms with E-state index < -0.39 is 0 Å². The Bertz CT molecular complexity index is 397. The van der Waals surface area contributed by atoms with Gasteiger partial charge in [0.05, 0.1) is 18.1 Å². The number of hydrogen-bond donors (Lipinski definition) is 1. The Balaban J connectivity index is 1.58. The minimum Gasteiger partial charge on any atom is -0.376 e. The quantitative estimate of drug-likeness (QED) is 0.869. The van der Waals surface area contributed by atoms with Crippen LogP contribution in [-0.4, -0.2) is 28.3 Å². The topological polar surface area (TPSA) is 39.1 Å². The van der Waals surface area contributed by atoms with Crippen LogP contribution in [0.25, 0.3) is 0 Å². The summed E-state index contributed by atoms with van der Waals surface area (Å²) >= 11 is 0. The first-order valence-corrected chi connectivity index (χ1v) is 7.11. The molecule has 1 aromatic heterocycles. The molecule has 1 aromatic rings. The first kappa shape index (κ1) is 12.2. The van der Waals surface area contributed by atoms with Gasteiger partial charge in [0.15, 0.2) is 0 Å². The van der Waals surface area contributed by atoms with Crippen LogP contribution in [0.5, 0.6) is 0 Å². The minimum atomic E-state index is 0.459. The van der Waals surface area contributed by atoms with E-state index in [-0.39, 0.29) is 0 Å². The van der Waals surface area contributed by atoms with Crippen molar-refractivity contribution in [2.24, 2.45) is 5.92 Å². The zero-order chi connectivity index (χ0) is 12.5. The second kappa shape index (κ2) is 5.02. The highest BCUT2D eigenvalue weighted by molar-refractivity contribution is 5.01. The van der Waals surface area contributed by atoms with E-state index in [1.807, 2.05) is 12.5 Å². The van der Waals surface area contributed by atoms with Gasteiger partial charge in [-0.05, 0) is 39.0 Å². The van der Waals surface area contributed by atoms with Crippen molar-refractivity contribution in [3.05, 3.63) is 18.2 Å². The second-order valence-electron chi connectivity index (χ2n) is 5.83. The van der Waals surface area contributed by atoms with Crippen LogP contribution in [0.2, 0.25) is 0 Å². The van der Waals surface area contributed by atoms with E-state index in [1.54, 1.807) is 0 Å². The molecule has 1 aliphatic carbocycles. The lowest BCUT2D eigenvalue weighted by molar-refractivity contribution is 0.0807. The highest BCUT2D eigenvalue weighted by Crippen LogP contribution is 2.38. The van der Waals surface area contributed by atoms with E-state index >= 15 is 0 Å². The Kier molecular flexibility index (Phi) is 3.39. The molecule has 4 nitrogen and oxygen atoms in total. The van der Waals surface area contributed by atoms with E-state index in [4.69, 9.17) is 4.74 Å². The molecule has 0 amide bonds. The summed E-state index contributed by atoms with van der Waals surface area (Å²) in [6, 6.07) is 1.01. The molecule has 100 valence electrons. The third-order valence-corrected chi connectivity index (χ3v) is 4.07. The van der Waals surface area contributed by atoms with Crippen molar-refractivity contribution in [2.45, 2.75) is 57.8 Å². The third-order valence-electron chi connectivity index (χ3n) is 4.07. The molecule has 4 heteroatoms. The Morgan fingerprint density at radius 1 is 1.44 bits per heavy atom. The summed E-state index contributed by atoms with van der Waals surface area (Å²) in [5.74, 6) is 0.819. The van der Waals surface area contributed by atoms with E-state index in [0.717, 1.165) is 25.5 Å². The molecule has 0 bridgehead atoms. The lowest BCUT2D eigenvalue weighted by Crippen LogP contribution is -2.37. The molecule has 2 heterocycles. The van der Waals surface area contributed by atoms with E-state index in [0.29, 0.717) is 18.2 Å². The number of imidazole rings is 1. The second-order valence-corrected chi connectivity index (χ2v) is 5.83.